The predicted octanol–water partition coefficient (Wildman–Crippen LogP) is 1.24. The molecule has 0 aliphatic rings. The summed E-state index contributed by atoms with van der Waals surface area (Å²) in [6.45, 7) is 4.51. The van der Waals surface area contributed by atoms with Crippen molar-refractivity contribution in [1.29, 1.82) is 0 Å². The average molecular weight is 386 g/mol. The monoisotopic (exact) mass is 386 g/mol. The van der Waals surface area contributed by atoms with Crippen molar-refractivity contribution in [3.63, 3.8) is 0 Å². The van der Waals surface area contributed by atoms with E-state index < -0.39 is 11.2 Å². The number of nitrogens with one attached hydrogen (secondary N) is 2. The number of anilines is 1. The number of nitrogens with zero attached hydrogens (tertiary/aromatic N) is 4. The number of aromatic hydroxyl groups is 1. The number of phenols is 1. The van der Waals surface area contributed by atoms with E-state index in [2.05, 4.69) is 20.5 Å². The molecule has 0 amide bonds. The molecule has 28 heavy (non-hydrogen) atoms. The number of methoxy groups -OCH3 is 1. The van der Waals surface area contributed by atoms with Crippen molar-refractivity contribution in [2.75, 3.05) is 12.5 Å². The van der Waals surface area contributed by atoms with Crippen LogP contribution < -0.4 is 21.4 Å². The maximum Gasteiger partial charge on any atom is 0.329 e. The number of H-pyrrole nitrogens is 1. The largest absolute Gasteiger partial charge is 0.507 e. The molecular formula is C18H22N6O4. The summed E-state index contributed by atoms with van der Waals surface area (Å²) in [6.07, 6.45) is 1.43. The van der Waals surface area contributed by atoms with E-state index in [4.69, 9.17) is 4.74 Å². The van der Waals surface area contributed by atoms with Crippen molar-refractivity contribution in [3.8, 4) is 11.5 Å². The van der Waals surface area contributed by atoms with E-state index in [0.29, 0.717) is 29.3 Å². The Labute approximate surface area is 160 Å². The molecule has 0 fully saturated rings. The molecule has 0 saturated heterocycles. The van der Waals surface area contributed by atoms with Gasteiger partial charge < -0.3 is 14.4 Å². The lowest BCUT2D eigenvalue weighted by Crippen LogP contribution is -2.29. The lowest BCUT2D eigenvalue weighted by molar-refractivity contribution is 0.407. The van der Waals surface area contributed by atoms with Crippen molar-refractivity contribution in [3.05, 3.63) is 44.6 Å². The van der Waals surface area contributed by atoms with Gasteiger partial charge in [0.1, 0.15) is 11.5 Å². The van der Waals surface area contributed by atoms with E-state index in [9.17, 15) is 14.7 Å². The fraction of sp³-hybridized carbons (Fsp3) is 0.333. The highest BCUT2D eigenvalue weighted by molar-refractivity contribution is 5.84. The normalized spacial score (nSPS) is 11.6. The second-order valence-electron chi connectivity index (χ2n) is 6.73. The SMILES string of the molecule is COc1ccc(C=NNc2nc3c(c(=O)[nH]c(=O)n3C)n2CC(C)C)c(O)c1. The van der Waals surface area contributed by atoms with Gasteiger partial charge in [0.15, 0.2) is 11.2 Å². The molecule has 3 N–H and O–H groups in total. The topological polar surface area (TPSA) is 127 Å². The van der Waals surface area contributed by atoms with E-state index in [0.717, 1.165) is 0 Å². The smallest absolute Gasteiger partial charge is 0.329 e. The van der Waals surface area contributed by atoms with E-state index in [1.807, 2.05) is 13.8 Å². The van der Waals surface area contributed by atoms with Crippen molar-refractivity contribution in [1.82, 2.24) is 19.1 Å². The molecule has 0 saturated carbocycles. The summed E-state index contributed by atoms with van der Waals surface area (Å²) < 4.78 is 8.01. The van der Waals surface area contributed by atoms with Crippen molar-refractivity contribution in [2.24, 2.45) is 18.1 Å². The lowest BCUT2D eigenvalue weighted by Gasteiger charge is -2.10. The van der Waals surface area contributed by atoms with Crippen molar-refractivity contribution < 1.29 is 9.84 Å². The van der Waals surface area contributed by atoms with Crippen molar-refractivity contribution in [2.45, 2.75) is 20.4 Å². The number of aromatic amines is 1. The molecular weight excluding hydrogens is 364 g/mol. The summed E-state index contributed by atoms with van der Waals surface area (Å²) in [6, 6.07) is 4.83. The van der Waals surface area contributed by atoms with Crippen LogP contribution in [0.5, 0.6) is 11.5 Å². The van der Waals surface area contributed by atoms with E-state index in [1.54, 1.807) is 16.7 Å². The van der Waals surface area contributed by atoms with Gasteiger partial charge in [0.05, 0.1) is 13.3 Å². The molecule has 1 aromatic carbocycles. The summed E-state index contributed by atoms with van der Waals surface area (Å²) in [4.78, 5) is 30.8. The molecule has 0 radical (unpaired) electrons. The molecule has 148 valence electrons. The van der Waals surface area contributed by atoms with Crippen LogP contribution in [0.4, 0.5) is 5.95 Å². The summed E-state index contributed by atoms with van der Waals surface area (Å²) in [5.41, 5.74) is 2.79. The average Bonchev–Trinajstić information content (AvgIpc) is 2.99. The van der Waals surface area contributed by atoms with Crippen LogP contribution in [0.25, 0.3) is 11.2 Å². The Kier molecular flexibility index (Phi) is 5.21. The minimum Gasteiger partial charge on any atom is -0.507 e. The fourth-order valence-corrected chi connectivity index (χ4v) is 2.78. The third kappa shape index (κ3) is 3.61. The zero-order valence-electron chi connectivity index (χ0n) is 16.1. The molecule has 0 aliphatic heterocycles. The Morgan fingerprint density at radius 1 is 1.39 bits per heavy atom. The molecule has 3 aromatic rings. The first-order chi connectivity index (χ1) is 13.3. The number of hydrogen-bond donors (Lipinski definition) is 3. The Balaban J connectivity index is 2.00. The highest BCUT2D eigenvalue weighted by Crippen LogP contribution is 2.22. The third-order valence-electron chi connectivity index (χ3n) is 4.16. The Morgan fingerprint density at radius 2 is 2.14 bits per heavy atom. The Morgan fingerprint density at radius 3 is 2.79 bits per heavy atom. The van der Waals surface area contributed by atoms with Crippen LogP contribution in [0.15, 0.2) is 32.9 Å². The van der Waals surface area contributed by atoms with Crippen LogP contribution in [0.1, 0.15) is 19.4 Å². The molecule has 10 nitrogen and oxygen atoms in total. The number of rotatable bonds is 6. The molecule has 0 spiro atoms. The fourth-order valence-electron chi connectivity index (χ4n) is 2.78. The van der Waals surface area contributed by atoms with Gasteiger partial charge in [-0.25, -0.2) is 10.2 Å². The van der Waals surface area contributed by atoms with Gasteiger partial charge in [-0.05, 0) is 18.1 Å². The van der Waals surface area contributed by atoms with Gasteiger partial charge in [-0.2, -0.15) is 10.1 Å². The van der Waals surface area contributed by atoms with Gasteiger partial charge >= 0.3 is 5.69 Å². The van der Waals surface area contributed by atoms with Crippen LogP contribution in [0, 0.1) is 5.92 Å². The van der Waals surface area contributed by atoms with E-state index in [-0.39, 0.29) is 17.3 Å². The number of ether oxygens (including phenoxy) is 1. The highest BCUT2D eigenvalue weighted by Gasteiger charge is 2.17. The minimum atomic E-state index is -0.537. The number of aryl methyl sites for hydroxylation is 1. The molecule has 10 heteroatoms. The lowest BCUT2D eigenvalue weighted by atomic mass is 10.2. The summed E-state index contributed by atoms with van der Waals surface area (Å²) in [7, 11) is 3.05. The zero-order valence-corrected chi connectivity index (χ0v) is 16.1. The second kappa shape index (κ2) is 7.59. The number of phenolic OH excluding ortho intramolecular Hbond substituents is 1. The number of hydrazone groups is 1. The molecule has 2 heterocycles. The number of imidazole rings is 1. The van der Waals surface area contributed by atoms with Gasteiger partial charge in [-0.3, -0.25) is 14.3 Å². The maximum atomic E-state index is 12.3. The first kappa shape index (κ1) is 19.2. The first-order valence-corrected chi connectivity index (χ1v) is 8.67. The van der Waals surface area contributed by atoms with Crippen LogP contribution >= 0.6 is 0 Å². The molecule has 0 atom stereocenters. The third-order valence-corrected chi connectivity index (χ3v) is 4.16. The maximum absolute atomic E-state index is 12.3. The zero-order chi connectivity index (χ0) is 20.4. The predicted molar refractivity (Wildman–Crippen MR) is 106 cm³/mol. The Bertz CT molecular complexity index is 1160. The molecule has 0 bridgehead atoms. The minimum absolute atomic E-state index is 0.0134. The van der Waals surface area contributed by atoms with Crippen LogP contribution in [-0.2, 0) is 13.6 Å². The van der Waals surface area contributed by atoms with Crippen LogP contribution in [0.2, 0.25) is 0 Å². The highest BCUT2D eigenvalue weighted by atomic mass is 16.5. The van der Waals surface area contributed by atoms with Gasteiger partial charge in [-0.15, -0.1) is 0 Å². The van der Waals surface area contributed by atoms with Gasteiger partial charge in [-0.1, -0.05) is 13.8 Å². The van der Waals surface area contributed by atoms with Crippen molar-refractivity contribution >= 4 is 23.3 Å². The number of benzene rings is 1. The van der Waals surface area contributed by atoms with E-state index in [1.165, 1.54) is 31.0 Å². The number of hydrogen-bond acceptors (Lipinski definition) is 7. The molecule has 0 unspecified atom stereocenters. The second-order valence-corrected chi connectivity index (χ2v) is 6.73. The summed E-state index contributed by atoms with van der Waals surface area (Å²) in [5.74, 6) is 1.09. The van der Waals surface area contributed by atoms with E-state index >= 15 is 0 Å². The summed E-state index contributed by atoms with van der Waals surface area (Å²) >= 11 is 0. The Hall–Kier alpha value is -3.56. The molecule has 2 aromatic heterocycles. The number of fused-ring (bicyclic) bond motifs is 1. The van der Waals surface area contributed by atoms with Gasteiger partial charge in [0, 0.05) is 25.2 Å². The molecule has 0 aliphatic carbocycles. The van der Waals surface area contributed by atoms with Gasteiger partial charge in [0.2, 0.25) is 5.95 Å². The van der Waals surface area contributed by atoms with Gasteiger partial charge in [0.25, 0.3) is 5.56 Å². The van der Waals surface area contributed by atoms with Crippen LogP contribution in [0.3, 0.4) is 0 Å². The first-order valence-electron chi connectivity index (χ1n) is 8.67. The standard InChI is InChI=1S/C18H22N6O4/c1-10(2)9-24-14-15(23(3)18(27)21-16(14)26)20-17(24)22-19-8-11-5-6-12(28-4)7-13(11)25/h5-8,10,25H,9H2,1-4H3,(H,20,22)(H,21,26,27). The summed E-state index contributed by atoms with van der Waals surface area (Å²) in [5, 5.41) is 14.1. The number of aromatic nitrogens is 4. The molecule has 3 rings (SSSR count). The van der Waals surface area contributed by atoms with Crippen LogP contribution in [-0.4, -0.2) is 37.5 Å². The quantitative estimate of drug-likeness (QED) is 0.432.